The van der Waals surface area contributed by atoms with Gasteiger partial charge in [-0.15, -0.1) is 0 Å². The Balaban J connectivity index is 1.53. The molecule has 0 saturated carbocycles. The predicted molar refractivity (Wildman–Crippen MR) is 101 cm³/mol. The van der Waals surface area contributed by atoms with E-state index in [1.807, 2.05) is 11.0 Å². The summed E-state index contributed by atoms with van der Waals surface area (Å²) in [6.07, 6.45) is 3.44. The van der Waals surface area contributed by atoms with Crippen LogP contribution in [0.5, 0.6) is 0 Å². The number of fused-ring (bicyclic) bond motifs is 2. The van der Waals surface area contributed by atoms with Gasteiger partial charge in [0.1, 0.15) is 11.8 Å². The molecule has 3 atom stereocenters. The van der Waals surface area contributed by atoms with Crippen molar-refractivity contribution >= 4 is 5.91 Å². The van der Waals surface area contributed by atoms with Crippen LogP contribution in [0.4, 0.5) is 8.78 Å². The molecule has 2 aromatic rings. The van der Waals surface area contributed by atoms with E-state index < -0.39 is 11.6 Å². The number of carbonyl (C=O) groups excluding carboxylic acids is 1. The lowest BCUT2D eigenvalue weighted by Crippen LogP contribution is -2.60. The van der Waals surface area contributed by atoms with E-state index in [0.29, 0.717) is 23.6 Å². The first-order valence-electron chi connectivity index (χ1n) is 9.93. The van der Waals surface area contributed by atoms with E-state index in [4.69, 9.17) is 5.26 Å². The van der Waals surface area contributed by atoms with Crippen molar-refractivity contribution in [1.29, 1.82) is 5.26 Å². The highest BCUT2D eigenvalue weighted by Crippen LogP contribution is 2.47. The van der Waals surface area contributed by atoms with Crippen LogP contribution in [0.25, 0.3) is 0 Å². The molecule has 0 spiro atoms. The number of amides is 1. The number of hydrogen-bond acceptors (Lipinski definition) is 4. The molecule has 148 valence electrons. The molecule has 4 saturated heterocycles. The number of halogens is 2. The number of rotatable bonds is 2. The fourth-order valence-corrected chi connectivity index (χ4v) is 5.49. The second-order valence-corrected chi connectivity index (χ2v) is 8.11. The number of hydrogen-bond donors (Lipinski definition) is 0. The molecule has 2 bridgehead atoms. The zero-order valence-electron chi connectivity index (χ0n) is 15.8. The molecule has 4 aliphatic rings. The largest absolute Gasteiger partial charge is 0.333 e. The molecular weight excluding hydrogens is 374 g/mol. The zero-order valence-corrected chi connectivity index (χ0v) is 15.8. The van der Waals surface area contributed by atoms with E-state index in [1.165, 1.54) is 18.3 Å². The Kier molecular flexibility index (Phi) is 4.32. The maximum atomic E-state index is 14.7. The lowest BCUT2D eigenvalue weighted by Gasteiger charge is -2.51. The van der Waals surface area contributed by atoms with Gasteiger partial charge in [-0.05, 0) is 55.6 Å². The number of pyridine rings is 1. The Morgan fingerprint density at radius 1 is 1.14 bits per heavy atom. The molecule has 5 nitrogen and oxygen atoms in total. The summed E-state index contributed by atoms with van der Waals surface area (Å²) in [4.78, 5) is 21.5. The van der Waals surface area contributed by atoms with Crippen molar-refractivity contribution in [2.75, 3.05) is 19.6 Å². The van der Waals surface area contributed by atoms with Crippen LogP contribution >= 0.6 is 0 Å². The van der Waals surface area contributed by atoms with Crippen molar-refractivity contribution in [2.24, 2.45) is 5.92 Å². The SMILES string of the molecule is N#Cc1ccc(C(=O)N2C[C@H](c3cccc(F)c3F)[C@@H]3[C@H]2C2CCN3CC2)cn1. The van der Waals surface area contributed by atoms with E-state index in [9.17, 15) is 13.6 Å². The van der Waals surface area contributed by atoms with Crippen molar-refractivity contribution in [3.8, 4) is 6.07 Å². The average Bonchev–Trinajstić information content (AvgIpc) is 3.19. The maximum absolute atomic E-state index is 14.7. The van der Waals surface area contributed by atoms with Gasteiger partial charge in [-0.2, -0.15) is 5.26 Å². The Hall–Kier alpha value is -2.85. The lowest BCUT2D eigenvalue weighted by atomic mass is 9.75. The first-order chi connectivity index (χ1) is 14.1. The van der Waals surface area contributed by atoms with Gasteiger partial charge in [0, 0.05) is 24.7 Å². The summed E-state index contributed by atoms with van der Waals surface area (Å²) < 4.78 is 28.6. The quantitative estimate of drug-likeness (QED) is 0.786. The van der Waals surface area contributed by atoms with Gasteiger partial charge in [-0.3, -0.25) is 9.69 Å². The molecule has 1 aromatic heterocycles. The van der Waals surface area contributed by atoms with Crippen molar-refractivity contribution in [2.45, 2.75) is 30.8 Å². The molecule has 0 unspecified atom stereocenters. The summed E-state index contributed by atoms with van der Waals surface area (Å²) >= 11 is 0. The van der Waals surface area contributed by atoms with Crippen molar-refractivity contribution < 1.29 is 13.6 Å². The minimum absolute atomic E-state index is 0.00547. The maximum Gasteiger partial charge on any atom is 0.255 e. The standard InChI is InChI=1S/C22H20F2N4O/c23-18-3-1-2-16(19(18)24)17-12-28(20-13-6-8-27(9-7-13)21(17)20)22(29)14-4-5-15(10-25)26-11-14/h1-5,11,13,17,20-21H,6-9,12H2/t17-,20-,21-/m1/s1. The third-order valence-electron chi connectivity index (χ3n) is 6.76. The van der Waals surface area contributed by atoms with Crippen molar-refractivity contribution in [1.82, 2.24) is 14.8 Å². The fourth-order valence-electron chi connectivity index (χ4n) is 5.49. The van der Waals surface area contributed by atoms with Gasteiger partial charge in [0.05, 0.1) is 11.6 Å². The number of nitrogens with zero attached hydrogens (tertiary/aromatic N) is 4. The van der Waals surface area contributed by atoms with Gasteiger partial charge in [-0.25, -0.2) is 13.8 Å². The molecule has 5 heterocycles. The van der Waals surface area contributed by atoms with Crippen LogP contribution in [0.2, 0.25) is 0 Å². The van der Waals surface area contributed by atoms with Crippen LogP contribution in [-0.2, 0) is 0 Å². The van der Waals surface area contributed by atoms with Crippen LogP contribution in [0, 0.1) is 28.9 Å². The summed E-state index contributed by atoms with van der Waals surface area (Å²) in [5.41, 5.74) is 1.02. The summed E-state index contributed by atoms with van der Waals surface area (Å²) in [5.74, 6) is -1.73. The van der Waals surface area contributed by atoms with Gasteiger partial charge >= 0.3 is 0 Å². The smallest absolute Gasteiger partial charge is 0.255 e. The second kappa shape index (κ2) is 6.89. The Bertz CT molecular complexity index is 995. The van der Waals surface area contributed by atoms with Crippen molar-refractivity contribution in [3.63, 3.8) is 0 Å². The first-order valence-corrected chi connectivity index (χ1v) is 9.93. The summed E-state index contributed by atoms with van der Waals surface area (Å²) in [7, 11) is 0. The van der Waals surface area contributed by atoms with Crippen molar-refractivity contribution in [3.05, 3.63) is 65.0 Å². The van der Waals surface area contributed by atoms with Crippen LogP contribution < -0.4 is 0 Å². The number of aromatic nitrogens is 1. The van der Waals surface area contributed by atoms with Gasteiger partial charge in [0.2, 0.25) is 0 Å². The van der Waals surface area contributed by atoms with Crippen LogP contribution in [0.1, 0.15) is 40.4 Å². The number of carbonyl (C=O) groups is 1. The van der Waals surface area contributed by atoms with E-state index in [-0.39, 0.29) is 29.6 Å². The van der Waals surface area contributed by atoms with Gasteiger partial charge in [0.15, 0.2) is 11.6 Å². The monoisotopic (exact) mass is 394 g/mol. The summed E-state index contributed by atoms with van der Waals surface area (Å²) in [6, 6.07) is 9.37. The topological polar surface area (TPSA) is 60.2 Å². The van der Waals surface area contributed by atoms with E-state index in [0.717, 1.165) is 32.0 Å². The number of benzene rings is 1. The molecule has 6 rings (SSSR count). The number of nitriles is 1. The van der Waals surface area contributed by atoms with E-state index in [1.54, 1.807) is 12.1 Å². The fraction of sp³-hybridized carbons (Fsp3) is 0.409. The van der Waals surface area contributed by atoms with Crippen LogP contribution in [0.15, 0.2) is 36.5 Å². The average molecular weight is 394 g/mol. The normalized spacial score (nSPS) is 30.1. The molecular formula is C22H20F2N4O. The highest BCUT2D eigenvalue weighted by Gasteiger charge is 2.55. The first kappa shape index (κ1) is 18.2. The predicted octanol–water partition coefficient (Wildman–Crippen LogP) is 2.93. The third kappa shape index (κ3) is 2.82. The molecule has 0 aliphatic carbocycles. The van der Waals surface area contributed by atoms with E-state index >= 15 is 0 Å². The molecule has 29 heavy (non-hydrogen) atoms. The van der Waals surface area contributed by atoms with E-state index in [2.05, 4.69) is 9.88 Å². The highest BCUT2D eigenvalue weighted by atomic mass is 19.2. The number of likely N-dealkylation sites (tertiary alicyclic amines) is 1. The molecule has 0 radical (unpaired) electrons. The number of piperidine rings is 3. The summed E-state index contributed by atoms with van der Waals surface area (Å²) in [5, 5.41) is 8.93. The molecule has 0 N–H and O–H groups in total. The van der Waals surface area contributed by atoms with Gasteiger partial charge in [-0.1, -0.05) is 12.1 Å². The molecule has 7 heteroatoms. The zero-order chi connectivity index (χ0) is 20.1. The second-order valence-electron chi connectivity index (χ2n) is 8.11. The molecule has 4 aliphatic heterocycles. The Morgan fingerprint density at radius 2 is 1.93 bits per heavy atom. The highest BCUT2D eigenvalue weighted by molar-refractivity contribution is 5.94. The lowest BCUT2D eigenvalue weighted by molar-refractivity contribution is -0.00360. The minimum atomic E-state index is -0.851. The molecule has 1 aromatic carbocycles. The van der Waals surface area contributed by atoms with Crippen LogP contribution in [-0.4, -0.2) is 52.4 Å². The van der Waals surface area contributed by atoms with Crippen LogP contribution in [0.3, 0.4) is 0 Å². The minimum Gasteiger partial charge on any atom is -0.333 e. The molecule has 4 fully saturated rings. The third-order valence-corrected chi connectivity index (χ3v) is 6.76. The molecule has 1 amide bonds. The Morgan fingerprint density at radius 3 is 2.62 bits per heavy atom. The summed E-state index contributed by atoms with van der Waals surface area (Å²) in [6.45, 7) is 2.21. The van der Waals surface area contributed by atoms with Gasteiger partial charge < -0.3 is 4.90 Å². The Labute approximate surface area is 167 Å². The van der Waals surface area contributed by atoms with Gasteiger partial charge in [0.25, 0.3) is 5.91 Å².